The first-order chi connectivity index (χ1) is 4.77. The van der Waals surface area contributed by atoms with Gasteiger partial charge in [0.25, 0.3) is 0 Å². The van der Waals surface area contributed by atoms with Gasteiger partial charge in [0.1, 0.15) is 6.04 Å². The van der Waals surface area contributed by atoms with Crippen molar-refractivity contribution in [1.82, 2.24) is 4.90 Å². The molecule has 0 aromatic heterocycles. The number of carboxylic acid groups (broad SMARTS) is 1. The van der Waals surface area contributed by atoms with Crippen LogP contribution in [0.5, 0.6) is 0 Å². The van der Waals surface area contributed by atoms with Crippen LogP contribution in [0.15, 0.2) is 0 Å². The number of nitrogens with zero attached hydrogens (tertiary/aromatic N) is 1. The molecule has 2 bridgehead atoms. The SMILES string of the molecule is O=C(O)C1CCC2CN1C2. The summed E-state index contributed by atoms with van der Waals surface area (Å²) in [5, 5.41) is 8.69. The molecule has 0 aromatic rings. The summed E-state index contributed by atoms with van der Waals surface area (Å²) in [6.07, 6.45) is 1.98. The van der Waals surface area contributed by atoms with Crippen molar-refractivity contribution in [1.29, 1.82) is 0 Å². The van der Waals surface area contributed by atoms with Crippen LogP contribution in [0, 0.1) is 5.92 Å². The normalized spacial score (nSPS) is 44.2. The third-order valence-electron chi connectivity index (χ3n) is 2.56. The second-order valence-electron chi connectivity index (χ2n) is 3.25. The summed E-state index contributed by atoms with van der Waals surface area (Å²) in [7, 11) is 0. The number of hydrogen-bond acceptors (Lipinski definition) is 2. The summed E-state index contributed by atoms with van der Waals surface area (Å²) in [4.78, 5) is 12.6. The van der Waals surface area contributed by atoms with Crippen LogP contribution in [0.2, 0.25) is 0 Å². The van der Waals surface area contributed by atoms with Crippen LogP contribution in [-0.4, -0.2) is 35.1 Å². The third-order valence-corrected chi connectivity index (χ3v) is 2.56. The number of carbonyl (C=O) groups is 1. The first-order valence-corrected chi connectivity index (χ1v) is 3.74. The molecule has 0 radical (unpaired) electrons. The number of rotatable bonds is 1. The molecule has 3 rings (SSSR count). The van der Waals surface area contributed by atoms with Crippen molar-refractivity contribution in [2.24, 2.45) is 5.92 Å². The Morgan fingerprint density at radius 2 is 2.10 bits per heavy atom. The van der Waals surface area contributed by atoms with E-state index in [1.165, 1.54) is 0 Å². The summed E-state index contributed by atoms with van der Waals surface area (Å²) in [5.41, 5.74) is 0. The molecule has 3 nitrogen and oxygen atoms in total. The van der Waals surface area contributed by atoms with Gasteiger partial charge in [-0.05, 0) is 18.8 Å². The van der Waals surface area contributed by atoms with Gasteiger partial charge in [0.2, 0.25) is 0 Å². The fourth-order valence-corrected chi connectivity index (χ4v) is 1.90. The molecule has 56 valence electrons. The number of hydrogen-bond donors (Lipinski definition) is 1. The Morgan fingerprint density at radius 3 is 2.40 bits per heavy atom. The molecule has 0 amide bonds. The Morgan fingerprint density at radius 1 is 1.40 bits per heavy atom. The van der Waals surface area contributed by atoms with Gasteiger partial charge in [-0.2, -0.15) is 0 Å². The Labute approximate surface area is 59.6 Å². The van der Waals surface area contributed by atoms with Gasteiger partial charge in [-0.25, -0.2) is 0 Å². The standard InChI is InChI=1S/C7H11NO2/c9-7(10)6-2-1-5-3-8(6)4-5/h5-6H,1-4H2,(H,9,10). The van der Waals surface area contributed by atoms with Crippen molar-refractivity contribution in [3.05, 3.63) is 0 Å². The minimum atomic E-state index is -0.641. The molecule has 3 aliphatic rings. The maximum Gasteiger partial charge on any atom is 0.320 e. The number of carboxylic acids is 1. The number of aliphatic carboxylic acids is 1. The zero-order valence-corrected chi connectivity index (χ0v) is 5.79. The van der Waals surface area contributed by atoms with E-state index in [2.05, 4.69) is 4.90 Å². The zero-order valence-electron chi connectivity index (χ0n) is 5.79. The van der Waals surface area contributed by atoms with Gasteiger partial charge in [0.05, 0.1) is 0 Å². The van der Waals surface area contributed by atoms with Gasteiger partial charge in [0.15, 0.2) is 0 Å². The molecule has 3 heterocycles. The fourth-order valence-electron chi connectivity index (χ4n) is 1.90. The van der Waals surface area contributed by atoms with Gasteiger partial charge < -0.3 is 5.11 Å². The van der Waals surface area contributed by atoms with E-state index in [0.29, 0.717) is 0 Å². The van der Waals surface area contributed by atoms with Gasteiger partial charge in [-0.1, -0.05) is 0 Å². The molecule has 10 heavy (non-hydrogen) atoms. The lowest BCUT2D eigenvalue weighted by Gasteiger charge is -2.48. The van der Waals surface area contributed by atoms with E-state index in [0.717, 1.165) is 31.8 Å². The minimum absolute atomic E-state index is 0.162. The summed E-state index contributed by atoms with van der Waals surface area (Å²) >= 11 is 0. The highest BCUT2D eigenvalue weighted by atomic mass is 16.4. The average molecular weight is 141 g/mol. The molecule has 0 spiro atoms. The third kappa shape index (κ3) is 0.736. The van der Waals surface area contributed by atoms with Crippen LogP contribution >= 0.6 is 0 Å². The first kappa shape index (κ1) is 6.16. The van der Waals surface area contributed by atoms with Crippen LogP contribution in [-0.2, 0) is 4.79 Å². The lowest BCUT2D eigenvalue weighted by atomic mass is 9.84. The number of piperidine rings is 2. The Bertz CT molecular complexity index is 160. The van der Waals surface area contributed by atoms with Gasteiger partial charge in [0, 0.05) is 13.1 Å². The second-order valence-corrected chi connectivity index (χ2v) is 3.25. The molecule has 0 saturated carbocycles. The highest BCUT2D eigenvalue weighted by Gasteiger charge is 2.40. The Hall–Kier alpha value is -0.570. The number of fused-ring (bicyclic) bond motifs is 2. The van der Waals surface area contributed by atoms with Gasteiger partial charge in [-0.15, -0.1) is 0 Å². The molecule has 1 unspecified atom stereocenters. The average Bonchev–Trinajstić information content (AvgIpc) is 1.86. The Kier molecular flexibility index (Phi) is 1.20. The van der Waals surface area contributed by atoms with E-state index in [9.17, 15) is 4.79 Å². The van der Waals surface area contributed by atoms with Crippen molar-refractivity contribution in [2.75, 3.05) is 13.1 Å². The topological polar surface area (TPSA) is 40.5 Å². The molecule has 0 aromatic carbocycles. The maximum absolute atomic E-state index is 10.5. The molecule has 1 N–H and O–H groups in total. The maximum atomic E-state index is 10.5. The highest BCUT2D eigenvalue weighted by Crippen LogP contribution is 2.31. The molecule has 1 atom stereocenters. The molecule has 3 heteroatoms. The van der Waals surface area contributed by atoms with Crippen LogP contribution < -0.4 is 0 Å². The van der Waals surface area contributed by atoms with Gasteiger partial charge >= 0.3 is 5.97 Å². The second kappa shape index (κ2) is 1.95. The summed E-state index contributed by atoms with van der Waals surface area (Å²) in [5.74, 6) is 0.175. The molecule has 3 aliphatic heterocycles. The van der Waals surface area contributed by atoms with Crippen molar-refractivity contribution < 1.29 is 9.90 Å². The van der Waals surface area contributed by atoms with Crippen LogP contribution in [0.3, 0.4) is 0 Å². The van der Waals surface area contributed by atoms with Crippen molar-refractivity contribution >= 4 is 5.97 Å². The van der Waals surface area contributed by atoms with Gasteiger partial charge in [-0.3, -0.25) is 9.69 Å². The first-order valence-electron chi connectivity index (χ1n) is 3.74. The molecular formula is C7H11NO2. The summed E-state index contributed by atoms with van der Waals surface area (Å²) in [6.45, 7) is 2.05. The summed E-state index contributed by atoms with van der Waals surface area (Å²) in [6, 6.07) is -0.162. The van der Waals surface area contributed by atoms with Crippen LogP contribution in [0.4, 0.5) is 0 Å². The monoisotopic (exact) mass is 141 g/mol. The zero-order chi connectivity index (χ0) is 7.14. The van der Waals surface area contributed by atoms with E-state index in [-0.39, 0.29) is 6.04 Å². The largest absolute Gasteiger partial charge is 0.480 e. The lowest BCUT2D eigenvalue weighted by molar-refractivity contribution is -0.150. The summed E-state index contributed by atoms with van der Waals surface area (Å²) < 4.78 is 0. The molecular weight excluding hydrogens is 130 g/mol. The van der Waals surface area contributed by atoms with Crippen molar-refractivity contribution in [3.63, 3.8) is 0 Å². The van der Waals surface area contributed by atoms with E-state index in [4.69, 9.17) is 5.11 Å². The molecule has 0 aliphatic carbocycles. The smallest absolute Gasteiger partial charge is 0.320 e. The van der Waals surface area contributed by atoms with Crippen molar-refractivity contribution in [3.8, 4) is 0 Å². The quantitative estimate of drug-likeness (QED) is 0.565. The van der Waals surface area contributed by atoms with E-state index in [1.54, 1.807) is 0 Å². The lowest BCUT2D eigenvalue weighted by Crippen LogP contribution is -2.59. The van der Waals surface area contributed by atoms with Crippen LogP contribution in [0.1, 0.15) is 12.8 Å². The Balaban J connectivity index is 2.02. The predicted octanol–water partition coefficient (Wildman–Crippen LogP) is 0.165. The fraction of sp³-hybridized carbons (Fsp3) is 0.857. The van der Waals surface area contributed by atoms with E-state index < -0.39 is 5.97 Å². The molecule has 3 saturated heterocycles. The van der Waals surface area contributed by atoms with E-state index >= 15 is 0 Å². The van der Waals surface area contributed by atoms with E-state index in [1.807, 2.05) is 0 Å². The molecule has 3 fully saturated rings. The van der Waals surface area contributed by atoms with Crippen molar-refractivity contribution in [2.45, 2.75) is 18.9 Å². The highest BCUT2D eigenvalue weighted by molar-refractivity contribution is 5.73. The minimum Gasteiger partial charge on any atom is -0.480 e. The van der Waals surface area contributed by atoms with Crippen LogP contribution in [0.25, 0.3) is 0 Å². The predicted molar refractivity (Wildman–Crippen MR) is 35.7 cm³/mol.